The average molecular weight is 377 g/mol. The van der Waals surface area contributed by atoms with E-state index in [1.807, 2.05) is 25.5 Å². The van der Waals surface area contributed by atoms with E-state index in [4.69, 9.17) is 4.74 Å². The fourth-order valence-electron chi connectivity index (χ4n) is 2.87. The number of aryl methyl sites for hydroxylation is 1. The number of hydrogen-bond donors (Lipinski definition) is 0. The third kappa shape index (κ3) is 2.72. The van der Waals surface area contributed by atoms with Gasteiger partial charge in [-0.05, 0) is 35.5 Å². The van der Waals surface area contributed by atoms with E-state index < -0.39 is 0 Å². The van der Waals surface area contributed by atoms with Crippen LogP contribution >= 0.6 is 15.9 Å². The van der Waals surface area contributed by atoms with Crippen molar-refractivity contribution in [3.8, 4) is 17.0 Å². The van der Waals surface area contributed by atoms with Crippen LogP contribution in [-0.4, -0.2) is 55.5 Å². The highest BCUT2D eigenvalue weighted by atomic mass is 79.9. The molecule has 3 aromatic rings. The standard InChI is InChI=1S/C15H17BrN6O/c1-20-4-3-11(9-20)23-15-12(10-6-18-21(2)8-10)5-14-17-7-13(16)22(14)19-15/h5-8,11H,3-4,9H2,1-2H3. The van der Waals surface area contributed by atoms with Crippen LogP contribution in [0.5, 0.6) is 5.88 Å². The van der Waals surface area contributed by atoms with Gasteiger partial charge in [0.1, 0.15) is 10.7 Å². The molecule has 0 amide bonds. The van der Waals surface area contributed by atoms with Gasteiger partial charge in [-0.15, -0.1) is 5.10 Å². The highest BCUT2D eigenvalue weighted by Crippen LogP contribution is 2.31. The molecule has 0 saturated carbocycles. The molecule has 0 spiro atoms. The van der Waals surface area contributed by atoms with Gasteiger partial charge < -0.3 is 9.64 Å². The molecule has 4 rings (SSSR count). The van der Waals surface area contributed by atoms with Crippen LogP contribution in [0.3, 0.4) is 0 Å². The molecule has 1 unspecified atom stereocenters. The number of likely N-dealkylation sites (N-methyl/N-ethyl adjacent to an activating group) is 1. The summed E-state index contributed by atoms with van der Waals surface area (Å²) in [6.07, 6.45) is 6.68. The summed E-state index contributed by atoms with van der Waals surface area (Å²) in [5.74, 6) is 0.615. The Morgan fingerprint density at radius 3 is 2.87 bits per heavy atom. The quantitative estimate of drug-likeness (QED) is 0.699. The molecule has 7 nitrogen and oxygen atoms in total. The summed E-state index contributed by atoms with van der Waals surface area (Å²) in [6.45, 7) is 1.96. The number of halogens is 1. The summed E-state index contributed by atoms with van der Waals surface area (Å²) in [5.41, 5.74) is 2.66. The predicted octanol–water partition coefficient (Wildman–Crippen LogP) is 1.98. The molecular formula is C15H17BrN6O. The van der Waals surface area contributed by atoms with E-state index in [0.29, 0.717) is 5.88 Å². The molecule has 4 heterocycles. The van der Waals surface area contributed by atoms with Crippen molar-refractivity contribution < 1.29 is 4.74 Å². The second kappa shape index (κ2) is 5.61. The molecule has 1 saturated heterocycles. The van der Waals surface area contributed by atoms with Gasteiger partial charge in [-0.25, -0.2) is 9.50 Å². The zero-order chi connectivity index (χ0) is 16.0. The van der Waals surface area contributed by atoms with E-state index in [2.05, 4.69) is 43.1 Å². The van der Waals surface area contributed by atoms with E-state index in [1.54, 1.807) is 15.4 Å². The van der Waals surface area contributed by atoms with E-state index >= 15 is 0 Å². The lowest BCUT2D eigenvalue weighted by molar-refractivity contribution is 0.198. The third-order valence-corrected chi connectivity index (χ3v) is 4.60. The Hall–Kier alpha value is -1.93. The number of fused-ring (bicyclic) bond motifs is 1. The molecule has 1 aliphatic rings. The number of nitrogens with zero attached hydrogens (tertiary/aromatic N) is 6. The summed E-state index contributed by atoms with van der Waals surface area (Å²) < 4.78 is 10.5. The van der Waals surface area contributed by atoms with Gasteiger partial charge in [0.15, 0.2) is 5.65 Å². The smallest absolute Gasteiger partial charge is 0.240 e. The maximum Gasteiger partial charge on any atom is 0.240 e. The molecular weight excluding hydrogens is 360 g/mol. The molecule has 3 aromatic heterocycles. The number of ether oxygens (including phenoxy) is 1. The van der Waals surface area contributed by atoms with Gasteiger partial charge in [0.05, 0.1) is 18.0 Å². The summed E-state index contributed by atoms with van der Waals surface area (Å²) in [4.78, 5) is 6.62. The number of imidazole rings is 1. The molecule has 8 heteroatoms. The zero-order valence-electron chi connectivity index (χ0n) is 13.0. The fourth-order valence-corrected chi connectivity index (χ4v) is 3.24. The summed E-state index contributed by atoms with van der Waals surface area (Å²) in [5, 5.41) is 8.89. The van der Waals surface area contributed by atoms with Crippen LogP contribution in [0, 0.1) is 0 Å². The van der Waals surface area contributed by atoms with Crippen molar-refractivity contribution in [1.29, 1.82) is 0 Å². The van der Waals surface area contributed by atoms with Crippen LogP contribution < -0.4 is 4.74 Å². The molecule has 0 N–H and O–H groups in total. The Morgan fingerprint density at radius 1 is 1.30 bits per heavy atom. The van der Waals surface area contributed by atoms with Crippen molar-refractivity contribution in [2.75, 3.05) is 20.1 Å². The second-order valence-electron chi connectivity index (χ2n) is 5.91. The van der Waals surface area contributed by atoms with Crippen LogP contribution in [-0.2, 0) is 7.05 Å². The Kier molecular flexibility index (Phi) is 3.57. The lowest BCUT2D eigenvalue weighted by Crippen LogP contribution is -2.22. The number of hydrogen-bond acceptors (Lipinski definition) is 5. The molecule has 1 aliphatic heterocycles. The van der Waals surface area contributed by atoms with Crippen LogP contribution in [0.1, 0.15) is 6.42 Å². The zero-order valence-corrected chi connectivity index (χ0v) is 14.6. The van der Waals surface area contributed by atoms with Crippen molar-refractivity contribution in [1.82, 2.24) is 29.3 Å². The summed E-state index contributed by atoms with van der Waals surface area (Å²) >= 11 is 3.47. The Morgan fingerprint density at radius 2 is 2.17 bits per heavy atom. The summed E-state index contributed by atoms with van der Waals surface area (Å²) in [6, 6.07) is 1.99. The molecule has 0 aliphatic carbocycles. The minimum Gasteiger partial charge on any atom is -0.471 e. The predicted molar refractivity (Wildman–Crippen MR) is 89.4 cm³/mol. The van der Waals surface area contributed by atoms with Crippen LogP contribution in [0.25, 0.3) is 16.8 Å². The highest BCUT2D eigenvalue weighted by molar-refractivity contribution is 9.10. The maximum atomic E-state index is 6.21. The van der Waals surface area contributed by atoms with E-state index in [1.165, 1.54) is 0 Å². The molecule has 1 fully saturated rings. The van der Waals surface area contributed by atoms with Crippen LogP contribution in [0.15, 0.2) is 29.3 Å². The Balaban J connectivity index is 1.80. The van der Waals surface area contributed by atoms with Crippen molar-refractivity contribution in [2.24, 2.45) is 7.05 Å². The Labute approximate surface area is 142 Å². The average Bonchev–Trinajstić information content (AvgIpc) is 3.21. The Bertz CT molecular complexity index is 857. The fraction of sp³-hybridized carbons (Fsp3) is 0.400. The first-order valence-corrected chi connectivity index (χ1v) is 8.28. The molecule has 0 radical (unpaired) electrons. The summed E-state index contributed by atoms with van der Waals surface area (Å²) in [7, 11) is 4.00. The van der Waals surface area contributed by atoms with Crippen molar-refractivity contribution in [2.45, 2.75) is 12.5 Å². The van der Waals surface area contributed by atoms with E-state index in [9.17, 15) is 0 Å². The molecule has 23 heavy (non-hydrogen) atoms. The van der Waals surface area contributed by atoms with Crippen molar-refractivity contribution >= 4 is 21.6 Å². The SMILES string of the molecule is CN1CCC(Oc2nn3c(Br)cnc3cc2-c2cnn(C)c2)C1. The van der Waals surface area contributed by atoms with Gasteiger partial charge in [0, 0.05) is 31.9 Å². The van der Waals surface area contributed by atoms with Crippen LogP contribution in [0.4, 0.5) is 0 Å². The molecule has 1 atom stereocenters. The van der Waals surface area contributed by atoms with Crippen molar-refractivity contribution in [3.63, 3.8) is 0 Å². The van der Waals surface area contributed by atoms with E-state index in [0.717, 1.165) is 40.9 Å². The second-order valence-corrected chi connectivity index (χ2v) is 6.72. The topological polar surface area (TPSA) is 60.5 Å². The minimum atomic E-state index is 0.155. The first-order valence-electron chi connectivity index (χ1n) is 7.48. The van der Waals surface area contributed by atoms with E-state index in [-0.39, 0.29) is 6.10 Å². The largest absolute Gasteiger partial charge is 0.471 e. The van der Waals surface area contributed by atoms with Crippen LogP contribution in [0.2, 0.25) is 0 Å². The maximum absolute atomic E-state index is 6.21. The minimum absolute atomic E-state index is 0.155. The molecule has 0 bridgehead atoms. The highest BCUT2D eigenvalue weighted by Gasteiger charge is 2.24. The lowest BCUT2D eigenvalue weighted by Gasteiger charge is -2.15. The number of aromatic nitrogens is 5. The van der Waals surface area contributed by atoms with Gasteiger partial charge in [-0.2, -0.15) is 5.10 Å². The van der Waals surface area contributed by atoms with Gasteiger partial charge in [-0.3, -0.25) is 4.68 Å². The molecule has 0 aromatic carbocycles. The lowest BCUT2D eigenvalue weighted by atomic mass is 10.1. The van der Waals surface area contributed by atoms with Gasteiger partial charge >= 0.3 is 0 Å². The normalized spacial score (nSPS) is 18.8. The first-order chi connectivity index (χ1) is 11.1. The number of likely N-dealkylation sites (tertiary alicyclic amines) is 1. The number of rotatable bonds is 3. The van der Waals surface area contributed by atoms with Crippen molar-refractivity contribution in [3.05, 3.63) is 29.3 Å². The van der Waals surface area contributed by atoms with Gasteiger partial charge in [0.25, 0.3) is 0 Å². The first kappa shape index (κ1) is 14.6. The monoisotopic (exact) mass is 376 g/mol. The molecule has 120 valence electrons. The third-order valence-electron chi connectivity index (χ3n) is 4.06. The van der Waals surface area contributed by atoms with Gasteiger partial charge in [-0.1, -0.05) is 0 Å². The van der Waals surface area contributed by atoms with Gasteiger partial charge in [0.2, 0.25) is 5.88 Å².